The van der Waals surface area contributed by atoms with Crippen molar-refractivity contribution in [2.45, 2.75) is 44.5 Å². The molecule has 1 saturated heterocycles. The maximum atomic E-state index is 11.7. The smallest absolute Gasteiger partial charge is 0.432 e. The van der Waals surface area contributed by atoms with Crippen LogP contribution in [0, 0.1) is 5.92 Å². The third kappa shape index (κ3) is 2.70. The third-order valence-electron chi connectivity index (χ3n) is 4.02. The minimum Gasteiger partial charge on any atom is -0.442 e. The van der Waals surface area contributed by atoms with E-state index < -0.39 is 18.1 Å². The van der Waals surface area contributed by atoms with Crippen LogP contribution in [0.1, 0.15) is 26.7 Å². The lowest BCUT2D eigenvalue weighted by molar-refractivity contribution is -0.126. The number of imide groups is 1. The fraction of sp³-hybridized carbons (Fsp3) is 0.833. The monoisotopic (exact) mass is 291 g/mol. The minimum atomic E-state index is -0.860. The summed E-state index contributed by atoms with van der Waals surface area (Å²) in [7, 11) is 1.58. The molecular weight excluding hydrogens is 274 g/mol. The number of nitrogens with zero attached hydrogens (tertiary/aromatic N) is 1. The molecule has 0 bridgehead atoms. The average Bonchev–Trinajstić information content (AvgIpc) is 3.14. The molecule has 108 valence electrons. The van der Waals surface area contributed by atoms with Gasteiger partial charge in [0.05, 0.1) is 18.3 Å². The Labute approximate surface area is 117 Å². The zero-order chi connectivity index (χ0) is 14.2. The molecule has 1 aliphatic carbocycles. The van der Waals surface area contributed by atoms with Gasteiger partial charge in [0.1, 0.15) is 6.10 Å². The molecule has 2 fully saturated rings. The van der Waals surface area contributed by atoms with E-state index in [1.165, 1.54) is 6.92 Å². The van der Waals surface area contributed by atoms with Crippen LogP contribution < -0.4 is 0 Å². The predicted octanol–water partition coefficient (Wildman–Crippen LogP) is 1.71. The average molecular weight is 292 g/mol. The lowest BCUT2D eigenvalue weighted by Crippen LogP contribution is -2.49. The summed E-state index contributed by atoms with van der Waals surface area (Å²) in [6.07, 6.45) is -0.0767. The summed E-state index contributed by atoms with van der Waals surface area (Å²) in [5.74, 6) is -0.448. The number of ether oxygens (including phenoxy) is 3. The highest BCUT2D eigenvalue weighted by molar-refractivity contribution is 6.28. The normalized spacial score (nSPS) is 36.9. The second-order valence-electron chi connectivity index (χ2n) is 5.10. The second kappa shape index (κ2) is 5.26. The molecule has 7 heteroatoms. The van der Waals surface area contributed by atoms with Gasteiger partial charge in [-0.3, -0.25) is 4.79 Å². The molecule has 6 nitrogen and oxygen atoms in total. The van der Waals surface area contributed by atoms with Crippen molar-refractivity contribution in [3.8, 4) is 0 Å². The number of amides is 2. The lowest BCUT2D eigenvalue weighted by Gasteiger charge is -2.38. The zero-order valence-corrected chi connectivity index (χ0v) is 12.0. The molecule has 0 aromatic rings. The first-order valence-electron chi connectivity index (χ1n) is 6.25. The highest BCUT2D eigenvalue weighted by atomic mass is 35.5. The SMILES string of the molecule is CO[C@@H]1[C@H](OC(=O)N(Cl)C(C)=O)CC[C@]2(CO2)[C@H]1C. The van der Waals surface area contributed by atoms with Crippen molar-refractivity contribution in [2.24, 2.45) is 5.92 Å². The van der Waals surface area contributed by atoms with Gasteiger partial charge in [0.25, 0.3) is 0 Å². The van der Waals surface area contributed by atoms with Gasteiger partial charge in [-0.1, -0.05) is 6.92 Å². The summed E-state index contributed by atoms with van der Waals surface area (Å²) in [5, 5.41) is 0. The summed E-state index contributed by atoms with van der Waals surface area (Å²) in [6, 6.07) is 0. The van der Waals surface area contributed by atoms with Gasteiger partial charge in [-0.15, -0.1) is 0 Å². The van der Waals surface area contributed by atoms with Crippen molar-refractivity contribution in [3.63, 3.8) is 0 Å². The molecule has 1 heterocycles. The topological polar surface area (TPSA) is 68.4 Å². The van der Waals surface area contributed by atoms with Crippen molar-refractivity contribution in [3.05, 3.63) is 0 Å². The molecule has 0 aromatic carbocycles. The van der Waals surface area contributed by atoms with E-state index in [1.807, 2.05) is 6.92 Å². The first kappa shape index (κ1) is 14.6. The van der Waals surface area contributed by atoms with Crippen molar-refractivity contribution in [1.29, 1.82) is 0 Å². The molecule has 2 aliphatic rings. The van der Waals surface area contributed by atoms with Crippen LogP contribution in [0.2, 0.25) is 0 Å². The Morgan fingerprint density at radius 2 is 2.11 bits per heavy atom. The summed E-state index contributed by atoms with van der Waals surface area (Å²) in [6.45, 7) is 3.94. The van der Waals surface area contributed by atoms with E-state index in [0.717, 1.165) is 13.0 Å². The van der Waals surface area contributed by atoms with E-state index in [4.69, 9.17) is 26.0 Å². The van der Waals surface area contributed by atoms with Gasteiger partial charge >= 0.3 is 6.09 Å². The highest BCUT2D eigenvalue weighted by Gasteiger charge is 2.57. The van der Waals surface area contributed by atoms with Crippen molar-refractivity contribution < 1.29 is 23.8 Å². The van der Waals surface area contributed by atoms with E-state index >= 15 is 0 Å². The van der Waals surface area contributed by atoms with E-state index in [-0.39, 0.29) is 17.6 Å². The lowest BCUT2D eigenvalue weighted by atomic mass is 9.77. The van der Waals surface area contributed by atoms with Crippen molar-refractivity contribution >= 4 is 23.8 Å². The minimum absolute atomic E-state index is 0.120. The van der Waals surface area contributed by atoms with Crippen LogP contribution in [0.5, 0.6) is 0 Å². The standard InChI is InChI=1S/C12H18ClNO5/c1-7-10(17-3)9(4-5-12(7)6-18-12)19-11(16)14(13)8(2)15/h7,9-10H,4-6H2,1-3H3/t7-,9+,10-,12-/m0/s1. The van der Waals surface area contributed by atoms with E-state index in [2.05, 4.69) is 0 Å². The Morgan fingerprint density at radius 1 is 1.47 bits per heavy atom. The van der Waals surface area contributed by atoms with Crippen LogP contribution in [0.15, 0.2) is 0 Å². The van der Waals surface area contributed by atoms with Crippen LogP contribution in [-0.2, 0) is 19.0 Å². The maximum Gasteiger partial charge on any atom is 0.432 e. The van der Waals surface area contributed by atoms with Gasteiger partial charge in [0.2, 0.25) is 5.91 Å². The van der Waals surface area contributed by atoms with Crippen LogP contribution in [0.3, 0.4) is 0 Å². The maximum absolute atomic E-state index is 11.7. The summed E-state index contributed by atoms with van der Waals surface area (Å²) < 4.78 is 16.6. The molecule has 4 atom stereocenters. The Hall–Kier alpha value is -0.850. The largest absolute Gasteiger partial charge is 0.442 e. The van der Waals surface area contributed by atoms with Crippen LogP contribution in [0.4, 0.5) is 4.79 Å². The molecule has 1 saturated carbocycles. The number of rotatable bonds is 2. The fourth-order valence-electron chi connectivity index (χ4n) is 2.69. The van der Waals surface area contributed by atoms with Gasteiger partial charge in [-0.2, -0.15) is 4.42 Å². The van der Waals surface area contributed by atoms with Crippen molar-refractivity contribution in [1.82, 2.24) is 4.42 Å². The molecule has 2 amide bonds. The number of halogens is 1. The molecule has 19 heavy (non-hydrogen) atoms. The zero-order valence-electron chi connectivity index (χ0n) is 11.2. The third-order valence-corrected chi connectivity index (χ3v) is 4.39. The number of hydrogen-bond donors (Lipinski definition) is 0. The van der Waals surface area contributed by atoms with Gasteiger partial charge in [-0.25, -0.2) is 4.79 Å². The van der Waals surface area contributed by atoms with Gasteiger partial charge in [0.15, 0.2) is 0 Å². The Morgan fingerprint density at radius 3 is 2.58 bits per heavy atom. The first-order valence-corrected chi connectivity index (χ1v) is 6.59. The predicted molar refractivity (Wildman–Crippen MR) is 66.5 cm³/mol. The highest BCUT2D eigenvalue weighted by Crippen LogP contribution is 2.47. The number of epoxide rings is 1. The second-order valence-corrected chi connectivity index (χ2v) is 5.44. The molecule has 2 rings (SSSR count). The van der Waals surface area contributed by atoms with Crippen molar-refractivity contribution in [2.75, 3.05) is 13.7 Å². The molecule has 0 aromatic heterocycles. The quantitative estimate of drug-likeness (QED) is 0.572. The molecule has 0 radical (unpaired) electrons. The Balaban J connectivity index is 2.00. The fourth-order valence-corrected chi connectivity index (χ4v) is 2.73. The number of methoxy groups -OCH3 is 1. The first-order chi connectivity index (χ1) is 8.91. The van der Waals surface area contributed by atoms with Crippen LogP contribution in [-0.4, -0.2) is 47.9 Å². The molecule has 1 aliphatic heterocycles. The summed E-state index contributed by atoms with van der Waals surface area (Å²) >= 11 is 5.52. The van der Waals surface area contributed by atoms with Gasteiger partial charge in [-0.05, 0) is 12.8 Å². The Kier molecular flexibility index (Phi) is 4.03. The van der Waals surface area contributed by atoms with E-state index in [0.29, 0.717) is 10.8 Å². The van der Waals surface area contributed by atoms with Crippen LogP contribution in [0.25, 0.3) is 0 Å². The number of carbonyl (C=O) groups excluding carboxylic acids is 2. The Bertz CT molecular complexity index is 384. The van der Waals surface area contributed by atoms with E-state index in [9.17, 15) is 9.59 Å². The number of hydrogen-bond acceptors (Lipinski definition) is 5. The van der Waals surface area contributed by atoms with Crippen LogP contribution >= 0.6 is 11.8 Å². The molecular formula is C12H18ClNO5. The van der Waals surface area contributed by atoms with E-state index in [1.54, 1.807) is 7.11 Å². The summed E-state index contributed by atoms with van der Waals surface area (Å²) in [4.78, 5) is 22.7. The molecule has 0 unspecified atom stereocenters. The van der Waals surface area contributed by atoms with Gasteiger partial charge < -0.3 is 14.2 Å². The molecule has 1 spiro atoms. The molecule has 0 N–H and O–H groups in total. The van der Waals surface area contributed by atoms with Gasteiger partial charge in [0, 0.05) is 31.7 Å². The summed E-state index contributed by atoms with van der Waals surface area (Å²) in [5.41, 5.74) is -0.120. The number of carbonyl (C=O) groups is 2.